The Hall–Kier alpha value is -1.40. The standard InChI is InChI=1S/C11H18N2O4/c1-9(14)8-13-6-5-12(2)10(11(13)15)4-7-17-16-3/h5-6,10H,4,7-8H2,1-3H3/t10-/m0/s1. The van der Waals surface area contributed by atoms with Crippen LogP contribution in [0.3, 0.4) is 0 Å². The molecule has 1 aliphatic rings. The predicted molar refractivity (Wildman–Crippen MR) is 60.7 cm³/mol. The summed E-state index contributed by atoms with van der Waals surface area (Å²) in [6, 6.07) is -0.311. The number of amides is 1. The Morgan fingerprint density at radius 2 is 2.18 bits per heavy atom. The van der Waals surface area contributed by atoms with Crippen molar-refractivity contribution in [2.75, 3.05) is 27.3 Å². The molecule has 0 aliphatic carbocycles. The molecule has 0 saturated carbocycles. The Kier molecular flexibility index (Phi) is 5.11. The highest BCUT2D eigenvalue weighted by molar-refractivity contribution is 5.88. The number of carbonyl (C=O) groups is 2. The largest absolute Gasteiger partial charge is 0.367 e. The molecule has 0 aromatic carbocycles. The first kappa shape index (κ1) is 13.7. The molecule has 0 unspecified atom stereocenters. The van der Waals surface area contributed by atoms with Crippen molar-refractivity contribution < 1.29 is 19.4 Å². The maximum absolute atomic E-state index is 12.1. The van der Waals surface area contributed by atoms with Crippen LogP contribution in [-0.4, -0.2) is 54.8 Å². The zero-order chi connectivity index (χ0) is 12.8. The second-order valence-corrected chi connectivity index (χ2v) is 3.92. The number of rotatable bonds is 6. The van der Waals surface area contributed by atoms with Gasteiger partial charge in [0.2, 0.25) is 5.91 Å². The van der Waals surface area contributed by atoms with Gasteiger partial charge in [-0.3, -0.25) is 9.59 Å². The molecule has 1 atom stereocenters. The van der Waals surface area contributed by atoms with Gasteiger partial charge in [0.1, 0.15) is 11.8 Å². The van der Waals surface area contributed by atoms with Crippen LogP contribution in [-0.2, 0) is 19.4 Å². The third-order valence-electron chi connectivity index (χ3n) is 2.53. The molecule has 0 aromatic rings. The second-order valence-electron chi connectivity index (χ2n) is 3.92. The molecule has 6 nitrogen and oxygen atoms in total. The minimum Gasteiger partial charge on any atom is -0.367 e. The number of ketones is 1. The Morgan fingerprint density at radius 1 is 1.47 bits per heavy atom. The predicted octanol–water partition coefficient (Wildman–Crippen LogP) is 0.157. The zero-order valence-corrected chi connectivity index (χ0v) is 10.4. The van der Waals surface area contributed by atoms with E-state index >= 15 is 0 Å². The van der Waals surface area contributed by atoms with E-state index in [1.54, 1.807) is 17.3 Å². The zero-order valence-electron chi connectivity index (χ0n) is 10.4. The molecule has 0 spiro atoms. The molecule has 0 aromatic heterocycles. The van der Waals surface area contributed by atoms with Gasteiger partial charge < -0.3 is 9.80 Å². The van der Waals surface area contributed by atoms with Crippen molar-refractivity contribution in [2.24, 2.45) is 0 Å². The van der Waals surface area contributed by atoms with E-state index in [4.69, 9.17) is 4.89 Å². The van der Waals surface area contributed by atoms with Gasteiger partial charge in [-0.2, -0.15) is 0 Å². The highest BCUT2D eigenvalue weighted by Gasteiger charge is 2.29. The fourth-order valence-corrected chi connectivity index (χ4v) is 1.67. The summed E-state index contributed by atoms with van der Waals surface area (Å²) in [6.07, 6.45) is 3.92. The lowest BCUT2D eigenvalue weighted by Crippen LogP contribution is -2.48. The quantitative estimate of drug-likeness (QED) is 0.377. The molecule has 1 aliphatic heterocycles. The second kappa shape index (κ2) is 6.36. The summed E-state index contributed by atoms with van der Waals surface area (Å²) in [5.41, 5.74) is 0. The number of carbonyl (C=O) groups excluding carboxylic acids is 2. The van der Waals surface area contributed by atoms with E-state index in [2.05, 4.69) is 4.89 Å². The van der Waals surface area contributed by atoms with Crippen molar-refractivity contribution in [3.63, 3.8) is 0 Å². The van der Waals surface area contributed by atoms with E-state index in [0.717, 1.165) is 0 Å². The molecule has 0 bridgehead atoms. The van der Waals surface area contributed by atoms with Crippen LogP contribution < -0.4 is 0 Å². The Labute approximate surface area is 101 Å². The van der Waals surface area contributed by atoms with Crippen molar-refractivity contribution in [2.45, 2.75) is 19.4 Å². The van der Waals surface area contributed by atoms with E-state index in [9.17, 15) is 9.59 Å². The molecule has 0 N–H and O–H groups in total. The molecule has 1 amide bonds. The van der Waals surface area contributed by atoms with E-state index < -0.39 is 0 Å². The third-order valence-corrected chi connectivity index (χ3v) is 2.53. The topological polar surface area (TPSA) is 59.1 Å². The third kappa shape index (κ3) is 3.83. The molecular formula is C11H18N2O4. The fourth-order valence-electron chi connectivity index (χ4n) is 1.67. The lowest BCUT2D eigenvalue weighted by molar-refractivity contribution is -0.273. The van der Waals surface area contributed by atoms with Gasteiger partial charge in [-0.25, -0.2) is 9.78 Å². The molecular weight excluding hydrogens is 224 g/mol. The molecule has 0 fully saturated rings. The van der Waals surface area contributed by atoms with Gasteiger partial charge in [0.25, 0.3) is 0 Å². The van der Waals surface area contributed by atoms with Gasteiger partial charge in [0.05, 0.1) is 20.3 Å². The Balaban J connectivity index is 2.61. The number of Topliss-reactive ketones (excluding diaryl/α,β-unsaturated/α-hetero) is 1. The Bertz CT molecular complexity index is 317. The maximum atomic E-state index is 12.1. The van der Waals surface area contributed by atoms with Crippen molar-refractivity contribution in [3.05, 3.63) is 12.4 Å². The van der Waals surface area contributed by atoms with Crippen LogP contribution in [0.1, 0.15) is 13.3 Å². The number of nitrogens with zero attached hydrogens (tertiary/aromatic N) is 2. The highest BCUT2D eigenvalue weighted by atomic mass is 17.2. The average Bonchev–Trinajstić information content (AvgIpc) is 2.27. The summed E-state index contributed by atoms with van der Waals surface area (Å²) in [4.78, 5) is 35.5. The monoisotopic (exact) mass is 242 g/mol. The number of likely N-dealkylation sites (N-methyl/N-ethyl adjacent to an activating group) is 1. The van der Waals surface area contributed by atoms with Crippen molar-refractivity contribution in [1.29, 1.82) is 0 Å². The Morgan fingerprint density at radius 3 is 2.76 bits per heavy atom. The summed E-state index contributed by atoms with van der Waals surface area (Å²) >= 11 is 0. The molecule has 0 radical (unpaired) electrons. The van der Waals surface area contributed by atoms with Gasteiger partial charge in [0.15, 0.2) is 0 Å². The summed E-state index contributed by atoms with van der Waals surface area (Å²) in [5, 5.41) is 0. The lowest BCUT2D eigenvalue weighted by Gasteiger charge is -2.34. The van der Waals surface area contributed by atoms with Gasteiger partial charge in [0, 0.05) is 25.9 Å². The van der Waals surface area contributed by atoms with Crippen LogP contribution in [0.5, 0.6) is 0 Å². The van der Waals surface area contributed by atoms with Gasteiger partial charge in [-0.15, -0.1) is 0 Å². The molecule has 1 heterocycles. The number of hydrogen-bond donors (Lipinski definition) is 0. The summed E-state index contributed by atoms with van der Waals surface area (Å²) < 4.78 is 0. The lowest BCUT2D eigenvalue weighted by atomic mass is 10.1. The van der Waals surface area contributed by atoms with Crippen LogP contribution >= 0.6 is 0 Å². The first-order valence-corrected chi connectivity index (χ1v) is 5.42. The number of hydrogen-bond acceptors (Lipinski definition) is 5. The van der Waals surface area contributed by atoms with E-state index in [0.29, 0.717) is 13.0 Å². The van der Waals surface area contributed by atoms with Crippen LogP contribution in [0.4, 0.5) is 0 Å². The summed E-state index contributed by atoms with van der Waals surface area (Å²) in [7, 11) is 3.24. The first-order chi connectivity index (χ1) is 8.06. The molecule has 1 rings (SSSR count). The van der Waals surface area contributed by atoms with Crippen molar-refractivity contribution in [1.82, 2.24) is 9.80 Å². The van der Waals surface area contributed by atoms with Gasteiger partial charge in [-0.1, -0.05) is 0 Å². The average molecular weight is 242 g/mol. The van der Waals surface area contributed by atoms with Crippen molar-refractivity contribution in [3.8, 4) is 0 Å². The summed E-state index contributed by atoms with van der Waals surface area (Å²) in [6.45, 7) is 1.91. The first-order valence-electron chi connectivity index (χ1n) is 5.42. The van der Waals surface area contributed by atoms with E-state index in [1.165, 1.54) is 18.9 Å². The minimum absolute atomic E-state index is 0.0422. The minimum atomic E-state index is -0.311. The van der Waals surface area contributed by atoms with Crippen molar-refractivity contribution >= 4 is 11.7 Å². The summed E-state index contributed by atoms with van der Waals surface area (Å²) in [5.74, 6) is -0.135. The van der Waals surface area contributed by atoms with Gasteiger partial charge in [-0.05, 0) is 6.92 Å². The normalized spacial score (nSPS) is 19.9. The highest BCUT2D eigenvalue weighted by Crippen LogP contribution is 2.13. The molecule has 6 heteroatoms. The van der Waals surface area contributed by atoms with Crippen LogP contribution in [0, 0.1) is 0 Å². The fraction of sp³-hybridized carbons (Fsp3) is 0.636. The molecule has 96 valence electrons. The van der Waals surface area contributed by atoms with E-state index in [1.807, 2.05) is 7.05 Å². The molecule has 17 heavy (non-hydrogen) atoms. The smallest absolute Gasteiger partial charge is 0.249 e. The van der Waals surface area contributed by atoms with Gasteiger partial charge >= 0.3 is 0 Å². The van der Waals surface area contributed by atoms with Crippen LogP contribution in [0.15, 0.2) is 12.4 Å². The van der Waals surface area contributed by atoms with Crippen LogP contribution in [0.2, 0.25) is 0 Å². The maximum Gasteiger partial charge on any atom is 0.249 e. The van der Waals surface area contributed by atoms with E-state index in [-0.39, 0.29) is 24.3 Å². The molecule has 0 saturated heterocycles. The van der Waals surface area contributed by atoms with Crippen LogP contribution in [0.25, 0.3) is 0 Å². The SMILES string of the molecule is COOCC[C@H]1C(=O)N(CC(C)=O)C=CN1C.